The molecule has 0 aliphatic carbocycles. The quantitative estimate of drug-likeness (QED) is 0.353. The smallest absolute Gasteiger partial charge is 0.248 e. The van der Waals surface area contributed by atoms with Crippen molar-refractivity contribution in [3.63, 3.8) is 0 Å². The zero-order chi connectivity index (χ0) is 13.4. The van der Waals surface area contributed by atoms with Crippen molar-refractivity contribution in [2.45, 2.75) is 5.91 Å². The van der Waals surface area contributed by atoms with E-state index < -0.39 is 5.91 Å². The van der Waals surface area contributed by atoms with Crippen LogP contribution in [0.25, 0.3) is 0 Å². The van der Waals surface area contributed by atoms with E-state index in [1.807, 2.05) is 0 Å². The molecule has 98 valence electrons. The van der Waals surface area contributed by atoms with Crippen molar-refractivity contribution in [3.8, 4) is 0 Å². The monoisotopic (exact) mass is 280 g/mol. The van der Waals surface area contributed by atoms with Crippen LogP contribution in [-0.2, 0) is 19.1 Å². The summed E-state index contributed by atoms with van der Waals surface area (Å²) >= 11 is 5.62. The molecule has 0 unspecified atom stereocenters. The summed E-state index contributed by atoms with van der Waals surface area (Å²) in [6.07, 6.45) is 0. The van der Waals surface area contributed by atoms with Gasteiger partial charge in [0.15, 0.2) is 5.91 Å². The fourth-order valence-electron chi connectivity index (χ4n) is 0.663. The summed E-state index contributed by atoms with van der Waals surface area (Å²) in [5, 5.41) is 0. The zero-order valence-electron chi connectivity index (χ0n) is 10.4. The molecular weight excluding hydrogens is 264 g/mol. The molecule has 0 aromatic heterocycles. The molecule has 0 rings (SSSR count). The summed E-state index contributed by atoms with van der Waals surface area (Å²) in [6.45, 7) is -0.235. The Balaban J connectivity index is 3.92. The van der Waals surface area contributed by atoms with Crippen molar-refractivity contribution in [1.82, 2.24) is 9.80 Å². The van der Waals surface area contributed by atoms with Crippen LogP contribution in [0.5, 0.6) is 0 Å². The third kappa shape index (κ3) is 7.32. The van der Waals surface area contributed by atoms with Gasteiger partial charge >= 0.3 is 0 Å². The van der Waals surface area contributed by atoms with Crippen molar-refractivity contribution in [1.29, 1.82) is 0 Å². The highest BCUT2D eigenvalue weighted by molar-refractivity contribution is 6.94. The Labute approximate surface area is 108 Å². The molecule has 0 saturated heterocycles. The number of hydrogen-bond donors (Lipinski definition) is 0. The summed E-state index contributed by atoms with van der Waals surface area (Å²) in [7, 11) is 6.32. The van der Waals surface area contributed by atoms with Gasteiger partial charge in [0.1, 0.15) is 13.2 Å². The maximum Gasteiger partial charge on any atom is 0.248 e. The summed E-state index contributed by atoms with van der Waals surface area (Å²) in [6, 6.07) is 0. The van der Waals surface area contributed by atoms with Crippen LogP contribution in [0.2, 0.25) is 0 Å². The van der Waals surface area contributed by atoms with Crippen LogP contribution in [-0.4, -0.2) is 77.8 Å². The van der Waals surface area contributed by atoms with E-state index in [0.29, 0.717) is 0 Å². The number of amides is 2. The average molecular weight is 281 g/mol. The van der Waals surface area contributed by atoms with Crippen LogP contribution in [0.4, 0.5) is 0 Å². The molecule has 0 saturated carbocycles. The van der Waals surface area contributed by atoms with Gasteiger partial charge in [-0.25, -0.2) is 0 Å². The molecule has 2 amide bonds. The van der Waals surface area contributed by atoms with Gasteiger partial charge in [0.25, 0.3) is 0 Å². The summed E-state index contributed by atoms with van der Waals surface area (Å²) in [4.78, 5) is 25.3. The number of carbonyl (C=O) groups excluding carboxylic acids is 2. The zero-order valence-corrected chi connectivity index (χ0v) is 12.2. The molecule has 0 aliphatic rings. The highest BCUT2D eigenvalue weighted by Gasteiger charge is 2.15. The standard InChI is InChI=1S/C9H17ClN2O4Si/c1-11(2)7(13)5-15-9(17-10)16-6-8(14)12(3)4/h9H,5-6H2,1-4H3. The van der Waals surface area contributed by atoms with Crippen LogP contribution in [0.15, 0.2) is 0 Å². The molecule has 0 bridgehead atoms. The van der Waals surface area contributed by atoms with Crippen molar-refractivity contribution < 1.29 is 19.1 Å². The molecule has 0 aromatic rings. The lowest BCUT2D eigenvalue weighted by Crippen LogP contribution is -2.34. The van der Waals surface area contributed by atoms with E-state index in [0.717, 1.165) is 0 Å². The van der Waals surface area contributed by atoms with E-state index in [1.54, 1.807) is 28.2 Å². The van der Waals surface area contributed by atoms with Crippen molar-refractivity contribution in [2.75, 3.05) is 41.4 Å². The predicted molar refractivity (Wildman–Crippen MR) is 64.7 cm³/mol. The molecule has 0 atom stereocenters. The van der Waals surface area contributed by atoms with E-state index in [1.165, 1.54) is 9.80 Å². The first-order valence-corrected chi connectivity index (χ1v) is 6.97. The lowest BCUT2D eigenvalue weighted by molar-refractivity contribution is -0.152. The largest absolute Gasteiger partial charge is 0.347 e. The fraction of sp³-hybridized carbons (Fsp3) is 0.778. The molecule has 0 aliphatic heterocycles. The Kier molecular flexibility index (Phi) is 8.14. The second kappa shape index (κ2) is 8.46. The Morgan fingerprint density at radius 3 is 1.65 bits per heavy atom. The number of likely N-dealkylation sites (N-methyl/N-ethyl adjacent to an activating group) is 2. The van der Waals surface area contributed by atoms with Gasteiger partial charge in [-0.05, 0) is 0 Å². The van der Waals surface area contributed by atoms with Crippen LogP contribution in [0, 0.1) is 0 Å². The minimum atomic E-state index is -0.732. The Hall–Kier alpha value is -0.633. The lowest BCUT2D eigenvalue weighted by atomic mass is 10.6. The predicted octanol–water partition coefficient (Wildman–Crippen LogP) is -0.662. The van der Waals surface area contributed by atoms with E-state index >= 15 is 0 Å². The highest BCUT2D eigenvalue weighted by Crippen LogP contribution is 1.97. The molecular formula is C9H17ClN2O4Si. The molecule has 0 fully saturated rings. The van der Waals surface area contributed by atoms with Gasteiger partial charge in [-0.3, -0.25) is 9.59 Å². The Morgan fingerprint density at radius 2 is 1.41 bits per heavy atom. The van der Waals surface area contributed by atoms with Gasteiger partial charge in [-0.2, -0.15) is 11.1 Å². The van der Waals surface area contributed by atoms with Gasteiger partial charge in [0, 0.05) is 28.2 Å². The first-order chi connectivity index (χ1) is 7.88. The maximum absolute atomic E-state index is 11.2. The van der Waals surface area contributed by atoms with Crippen LogP contribution in [0.3, 0.4) is 0 Å². The maximum atomic E-state index is 11.2. The second-order valence-electron chi connectivity index (χ2n) is 3.64. The Bertz CT molecular complexity index is 239. The third-order valence-corrected chi connectivity index (χ3v) is 2.85. The topological polar surface area (TPSA) is 59.1 Å². The minimum absolute atomic E-state index is 0.118. The molecule has 6 nitrogen and oxygen atoms in total. The third-order valence-electron chi connectivity index (χ3n) is 1.80. The molecule has 0 aromatic carbocycles. The van der Waals surface area contributed by atoms with Crippen molar-refractivity contribution >= 4 is 31.7 Å². The normalized spacial score (nSPS) is 10.5. The van der Waals surface area contributed by atoms with E-state index in [-0.39, 0.29) is 33.9 Å². The minimum Gasteiger partial charge on any atom is -0.347 e. The van der Waals surface area contributed by atoms with E-state index in [4.69, 9.17) is 20.6 Å². The highest BCUT2D eigenvalue weighted by atomic mass is 35.6. The lowest BCUT2D eigenvalue weighted by Gasteiger charge is -2.18. The summed E-state index contributed by atoms with van der Waals surface area (Å²) in [5.41, 5.74) is 0. The SMILES string of the molecule is CN(C)C(=O)COC(OCC(=O)N(C)C)[Si]Cl. The van der Waals surface area contributed by atoms with E-state index in [2.05, 4.69) is 0 Å². The van der Waals surface area contributed by atoms with Gasteiger partial charge < -0.3 is 19.3 Å². The van der Waals surface area contributed by atoms with E-state index in [9.17, 15) is 9.59 Å². The molecule has 8 heteroatoms. The first kappa shape index (κ1) is 16.4. The number of carbonyl (C=O) groups is 2. The fourth-order valence-corrected chi connectivity index (χ4v) is 1.33. The number of ether oxygens (including phenoxy) is 2. The molecule has 17 heavy (non-hydrogen) atoms. The number of hydrogen-bond acceptors (Lipinski definition) is 4. The number of halogens is 1. The average Bonchev–Trinajstić information content (AvgIpc) is 2.28. The summed E-state index contributed by atoms with van der Waals surface area (Å²) < 4.78 is 10.3. The van der Waals surface area contributed by atoms with Gasteiger partial charge in [0.2, 0.25) is 20.6 Å². The van der Waals surface area contributed by atoms with Crippen LogP contribution in [0.1, 0.15) is 0 Å². The van der Waals surface area contributed by atoms with Crippen LogP contribution < -0.4 is 0 Å². The molecule has 0 spiro atoms. The van der Waals surface area contributed by atoms with Crippen LogP contribution >= 0.6 is 11.1 Å². The number of rotatable bonds is 7. The Morgan fingerprint density at radius 1 is 1.06 bits per heavy atom. The van der Waals surface area contributed by atoms with Gasteiger partial charge in [-0.1, -0.05) is 0 Å². The van der Waals surface area contributed by atoms with Crippen molar-refractivity contribution in [3.05, 3.63) is 0 Å². The molecule has 2 radical (unpaired) electrons. The number of nitrogens with zero attached hydrogens (tertiary/aromatic N) is 2. The van der Waals surface area contributed by atoms with Gasteiger partial charge in [-0.15, -0.1) is 0 Å². The van der Waals surface area contributed by atoms with Crippen molar-refractivity contribution in [2.24, 2.45) is 0 Å². The first-order valence-electron chi connectivity index (χ1n) is 4.88. The van der Waals surface area contributed by atoms with Gasteiger partial charge in [0.05, 0.1) is 0 Å². The molecule has 0 heterocycles. The summed E-state index contributed by atoms with van der Waals surface area (Å²) in [5.74, 6) is -1.11. The second-order valence-corrected chi connectivity index (χ2v) is 4.98. The molecule has 0 N–H and O–H groups in total.